The third-order valence-corrected chi connectivity index (χ3v) is 2.14. The van der Waals surface area contributed by atoms with Crippen LogP contribution in [0.25, 0.3) is 0 Å². The van der Waals surface area contributed by atoms with Crippen LogP contribution in [-0.4, -0.2) is 13.1 Å². The molecule has 1 rings (SSSR count). The maximum Gasteiger partial charge on any atom is 0.0421 e. The van der Waals surface area contributed by atoms with Crippen molar-refractivity contribution in [2.24, 2.45) is 11.7 Å². The summed E-state index contributed by atoms with van der Waals surface area (Å²) in [5, 5.41) is 3.36. The lowest BCUT2D eigenvalue weighted by atomic mass is 10.1. The molecule has 1 aromatic carbocycles. The van der Waals surface area contributed by atoms with Gasteiger partial charge in [-0.15, -0.1) is 0 Å². The normalized spacial score (nSPS) is 13.1. The van der Waals surface area contributed by atoms with E-state index in [-0.39, 0.29) is 6.04 Å². The highest BCUT2D eigenvalue weighted by Crippen LogP contribution is 2.07. The van der Waals surface area contributed by atoms with Crippen LogP contribution in [0.3, 0.4) is 0 Å². The molecule has 0 heterocycles. The van der Waals surface area contributed by atoms with Crippen molar-refractivity contribution in [3.05, 3.63) is 35.9 Å². The number of benzene rings is 1. The molecule has 0 saturated heterocycles. The highest BCUT2D eigenvalue weighted by molar-refractivity contribution is 5.18. The van der Waals surface area contributed by atoms with E-state index in [1.165, 1.54) is 5.56 Å². The van der Waals surface area contributed by atoms with Gasteiger partial charge < -0.3 is 11.1 Å². The van der Waals surface area contributed by atoms with Crippen molar-refractivity contribution in [1.29, 1.82) is 0 Å². The minimum Gasteiger partial charge on any atom is -0.323 e. The minimum atomic E-state index is 0.106. The van der Waals surface area contributed by atoms with Crippen LogP contribution in [0, 0.1) is 5.92 Å². The Hall–Kier alpha value is -0.860. The smallest absolute Gasteiger partial charge is 0.0421 e. The first kappa shape index (κ1) is 11.2. The Bertz CT molecular complexity index is 244. The molecule has 1 unspecified atom stereocenters. The second-order valence-corrected chi connectivity index (χ2v) is 4.07. The van der Waals surface area contributed by atoms with Crippen LogP contribution < -0.4 is 11.1 Å². The molecule has 0 aliphatic carbocycles. The van der Waals surface area contributed by atoms with Crippen molar-refractivity contribution in [3.63, 3.8) is 0 Å². The van der Waals surface area contributed by atoms with Gasteiger partial charge in [-0.2, -0.15) is 0 Å². The Morgan fingerprint density at radius 3 is 2.36 bits per heavy atom. The van der Waals surface area contributed by atoms with Gasteiger partial charge in [-0.1, -0.05) is 44.2 Å². The fraction of sp³-hybridized carbons (Fsp3) is 0.500. The van der Waals surface area contributed by atoms with Crippen LogP contribution in [0.1, 0.15) is 25.5 Å². The number of hydrogen-bond acceptors (Lipinski definition) is 2. The Kier molecular flexibility index (Phi) is 4.63. The summed E-state index contributed by atoms with van der Waals surface area (Å²) in [4.78, 5) is 0. The van der Waals surface area contributed by atoms with Crippen LogP contribution in [0.15, 0.2) is 30.3 Å². The maximum absolute atomic E-state index is 6.02. The van der Waals surface area contributed by atoms with E-state index in [2.05, 4.69) is 31.3 Å². The van der Waals surface area contributed by atoms with Crippen LogP contribution in [-0.2, 0) is 0 Å². The molecule has 0 aromatic heterocycles. The molecule has 1 atom stereocenters. The largest absolute Gasteiger partial charge is 0.323 e. The number of nitrogens with two attached hydrogens (primary N) is 1. The van der Waals surface area contributed by atoms with Gasteiger partial charge in [-0.25, -0.2) is 0 Å². The van der Waals surface area contributed by atoms with Crippen molar-refractivity contribution in [2.75, 3.05) is 13.1 Å². The van der Waals surface area contributed by atoms with E-state index in [9.17, 15) is 0 Å². The summed E-state index contributed by atoms with van der Waals surface area (Å²) in [5.41, 5.74) is 7.22. The van der Waals surface area contributed by atoms with E-state index in [4.69, 9.17) is 5.73 Å². The molecular weight excluding hydrogens is 172 g/mol. The summed E-state index contributed by atoms with van der Waals surface area (Å²) in [7, 11) is 0. The second-order valence-electron chi connectivity index (χ2n) is 4.07. The van der Waals surface area contributed by atoms with Crippen molar-refractivity contribution in [3.8, 4) is 0 Å². The zero-order valence-electron chi connectivity index (χ0n) is 9.03. The van der Waals surface area contributed by atoms with Gasteiger partial charge in [0.15, 0.2) is 0 Å². The van der Waals surface area contributed by atoms with Crippen molar-refractivity contribution >= 4 is 0 Å². The van der Waals surface area contributed by atoms with E-state index in [1.807, 2.05) is 18.2 Å². The van der Waals surface area contributed by atoms with E-state index in [1.54, 1.807) is 0 Å². The Balaban J connectivity index is 2.32. The lowest BCUT2D eigenvalue weighted by Crippen LogP contribution is -2.29. The maximum atomic E-state index is 6.02. The molecule has 0 radical (unpaired) electrons. The van der Waals surface area contributed by atoms with Gasteiger partial charge in [-0.3, -0.25) is 0 Å². The van der Waals surface area contributed by atoms with Gasteiger partial charge in [0.2, 0.25) is 0 Å². The van der Waals surface area contributed by atoms with Gasteiger partial charge in [0.05, 0.1) is 0 Å². The first-order valence-electron chi connectivity index (χ1n) is 5.21. The molecule has 3 N–H and O–H groups in total. The van der Waals surface area contributed by atoms with Gasteiger partial charge in [0, 0.05) is 12.6 Å². The SMILES string of the molecule is CC(C)CNCC(N)c1ccccc1. The Labute approximate surface area is 86.5 Å². The molecule has 0 fully saturated rings. The topological polar surface area (TPSA) is 38.0 Å². The quantitative estimate of drug-likeness (QED) is 0.748. The molecule has 0 saturated carbocycles. The summed E-state index contributed by atoms with van der Waals surface area (Å²) in [6.45, 7) is 6.27. The average Bonchev–Trinajstić information content (AvgIpc) is 2.18. The van der Waals surface area contributed by atoms with Crippen molar-refractivity contribution in [2.45, 2.75) is 19.9 Å². The van der Waals surface area contributed by atoms with E-state index in [0.717, 1.165) is 13.1 Å². The summed E-state index contributed by atoms with van der Waals surface area (Å²) < 4.78 is 0. The first-order valence-corrected chi connectivity index (χ1v) is 5.21. The van der Waals surface area contributed by atoms with Gasteiger partial charge in [0.1, 0.15) is 0 Å². The molecule has 0 amide bonds. The average molecular weight is 192 g/mol. The lowest BCUT2D eigenvalue weighted by Gasteiger charge is -2.14. The van der Waals surface area contributed by atoms with Crippen LogP contribution in [0.2, 0.25) is 0 Å². The zero-order chi connectivity index (χ0) is 10.4. The molecule has 0 spiro atoms. The standard InChI is InChI=1S/C12H20N2/c1-10(2)8-14-9-12(13)11-6-4-3-5-7-11/h3-7,10,12,14H,8-9,13H2,1-2H3. The van der Waals surface area contributed by atoms with Crippen LogP contribution >= 0.6 is 0 Å². The summed E-state index contributed by atoms with van der Waals surface area (Å²) in [6.07, 6.45) is 0. The molecule has 1 aromatic rings. The fourth-order valence-electron chi connectivity index (χ4n) is 1.35. The first-order chi connectivity index (χ1) is 6.70. The van der Waals surface area contributed by atoms with Gasteiger partial charge in [0.25, 0.3) is 0 Å². The number of rotatable bonds is 5. The molecule has 0 bridgehead atoms. The highest BCUT2D eigenvalue weighted by Gasteiger charge is 2.04. The molecule has 78 valence electrons. The summed E-state index contributed by atoms with van der Waals surface area (Å²) in [6, 6.07) is 10.3. The predicted molar refractivity (Wildman–Crippen MR) is 61.1 cm³/mol. The fourth-order valence-corrected chi connectivity index (χ4v) is 1.35. The van der Waals surface area contributed by atoms with Crippen molar-refractivity contribution in [1.82, 2.24) is 5.32 Å². The molecular formula is C12H20N2. The third kappa shape index (κ3) is 3.90. The second kappa shape index (κ2) is 5.78. The molecule has 2 nitrogen and oxygen atoms in total. The van der Waals surface area contributed by atoms with Gasteiger partial charge in [-0.05, 0) is 18.0 Å². The summed E-state index contributed by atoms with van der Waals surface area (Å²) in [5.74, 6) is 0.679. The lowest BCUT2D eigenvalue weighted by molar-refractivity contribution is 0.522. The highest BCUT2D eigenvalue weighted by atomic mass is 14.9. The monoisotopic (exact) mass is 192 g/mol. The Morgan fingerprint density at radius 1 is 1.14 bits per heavy atom. The zero-order valence-corrected chi connectivity index (χ0v) is 9.03. The van der Waals surface area contributed by atoms with E-state index >= 15 is 0 Å². The van der Waals surface area contributed by atoms with Crippen LogP contribution in [0.4, 0.5) is 0 Å². The summed E-state index contributed by atoms with van der Waals surface area (Å²) >= 11 is 0. The number of nitrogens with one attached hydrogen (secondary N) is 1. The molecule has 2 heteroatoms. The molecule has 0 aliphatic heterocycles. The van der Waals surface area contributed by atoms with Crippen LogP contribution in [0.5, 0.6) is 0 Å². The van der Waals surface area contributed by atoms with Crippen molar-refractivity contribution < 1.29 is 0 Å². The minimum absolute atomic E-state index is 0.106. The van der Waals surface area contributed by atoms with Gasteiger partial charge >= 0.3 is 0 Å². The van der Waals surface area contributed by atoms with E-state index in [0.29, 0.717) is 5.92 Å². The Morgan fingerprint density at radius 2 is 1.79 bits per heavy atom. The third-order valence-electron chi connectivity index (χ3n) is 2.14. The number of hydrogen-bond donors (Lipinski definition) is 2. The molecule has 0 aliphatic rings. The van der Waals surface area contributed by atoms with E-state index < -0.39 is 0 Å². The predicted octanol–water partition coefficient (Wildman–Crippen LogP) is 1.93. The molecule has 14 heavy (non-hydrogen) atoms.